The molecule has 0 aromatic carbocycles. The van der Waals surface area contributed by atoms with Crippen LogP contribution < -0.4 is 15.8 Å². The molecule has 1 aliphatic rings. The largest absolute Gasteiger partial charge is 0.475 e. The Morgan fingerprint density at radius 3 is 2.90 bits per heavy atom. The number of hydrogen-bond donors (Lipinski definition) is 2. The van der Waals surface area contributed by atoms with Crippen LogP contribution in [0.15, 0.2) is 18.3 Å². The molecular formula is C15H23N3O3. The Labute approximate surface area is 125 Å². The van der Waals surface area contributed by atoms with Crippen LogP contribution in [0.3, 0.4) is 0 Å². The fourth-order valence-corrected chi connectivity index (χ4v) is 2.52. The summed E-state index contributed by atoms with van der Waals surface area (Å²) in [5.74, 6) is 0.469. The molecule has 0 radical (unpaired) electrons. The summed E-state index contributed by atoms with van der Waals surface area (Å²) in [4.78, 5) is 16.5. The fraction of sp³-hybridized carbons (Fsp3) is 0.600. The van der Waals surface area contributed by atoms with Gasteiger partial charge in [-0.15, -0.1) is 0 Å². The van der Waals surface area contributed by atoms with Crippen LogP contribution in [0.25, 0.3) is 0 Å². The van der Waals surface area contributed by atoms with Crippen LogP contribution in [0.4, 0.5) is 5.69 Å². The molecule has 1 fully saturated rings. The van der Waals surface area contributed by atoms with E-state index in [1.54, 1.807) is 25.4 Å². The van der Waals surface area contributed by atoms with Crippen molar-refractivity contribution in [1.82, 2.24) is 4.98 Å². The molecule has 2 unspecified atom stereocenters. The average Bonchev–Trinajstić information content (AvgIpc) is 2.82. The lowest BCUT2D eigenvalue weighted by Crippen LogP contribution is -2.44. The number of ether oxygens (including phenoxy) is 2. The van der Waals surface area contributed by atoms with Crippen LogP contribution in [0.1, 0.15) is 26.2 Å². The molecule has 1 aromatic heterocycles. The summed E-state index contributed by atoms with van der Waals surface area (Å²) in [5.41, 5.74) is 6.21. The first-order valence-electron chi connectivity index (χ1n) is 7.21. The van der Waals surface area contributed by atoms with Gasteiger partial charge in [-0.1, -0.05) is 6.42 Å². The lowest BCUT2D eigenvalue weighted by atomic mass is 9.84. The van der Waals surface area contributed by atoms with E-state index in [-0.39, 0.29) is 11.9 Å². The lowest BCUT2D eigenvalue weighted by Gasteiger charge is -2.27. The number of amides is 1. The molecule has 21 heavy (non-hydrogen) atoms. The maximum absolute atomic E-state index is 12.4. The van der Waals surface area contributed by atoms with Gasteiger partial charge in [0.2, 0.25) is 11.8 Å². The second-order valence-corrected chi connectivity index (χ2v) is 5.60. The van der Waals surface area contributed by atoms with E-state index in [4.69, 9.17) is 15.2 Å². The molecule has 116 valence electrons. The second kappa shape index (κ2) is 6.87. The van der Waals surface area contributed by atoms with Crippen LogP contribution >= 0.6 is 0 Å². The highest BCUT2D eigenvalue weighted by Gasteiger charge is 2.42. The highest BCUT2D eigenvalue weighted by Crippen LogP contribution is 2.37. The Balaban J connectivity index is 1.92. The molecule has 1 saturated carbocycles. The van der Waals surface area contributed by atoms with Crippen molar-refractivity contribution in [3.63, 3.8) is 0 Å². The van der Waals surface area contributed by atoms with Crippen LogP contribution in [0, 0.1) is 5.41 Å². The first-order valence-corrected chi connectivity index (χ1v) is 7.21. The number of methoxy groups -OCH3 is 1. The molecule has 1 aliphatic carbocycles. The fourth-order valence-electron chi connectivity index (χ4n) is 2.52. The Kier molecular flexibility index (Phi) is 5.14. The molecule has 6 heteroatoms. The van der Waals surface area contributed by atoms with Gasteiger partial charge in [-0.3, -0.25) is 4.79 Å². The Morgan fingerprint density at radius 1 is 1.52 bits per heavy atom. The zero-order chi connectivity index (χ0) is 15.3. The van der Waals surface area contributed by atoms with Crippen LogP contribution in [0.5, 0.6) is 5.88 Å². The van der Waals surface area contributed by atoms with Gasteiger partial charge in [-0.2, -0.15) is 0 Å². The molecule has 0 spiro atoms. The Hall–Kier alpha value is -1.66. The summed E-state index contributed by atoms with van der Waals surface area (Å²) < 4.78 is 10.3. The molecule has 0 saturated heterocycles. The predicted octanol–water partition coefficient (Wildman–Crippen LogP) is 1.56. The van der Waals surface area contributed by atoms with Crippen molar-refractivity contribution in [2.75, 3.05) is 25.6 Å². The van der Waals surface area contributed by atoms with Crippen LogP contribution in [-0.4, -0.2) is 37.3 Å². The van der Waals surface area contributed by atoms with E-state index >= 15 is 0 Å². The molecule has 1 aromatic rings. The predicted molar refractivity (Wildman–Crippen MR) is 80.2 cm³/mol. The molecule has 0 aliphatic heterocycles. The van der Waals surface area contributed by atoms with Gasteiger partial charge < -0.3 is 20.5 Å². The van der Waals surface area contributed by atoms with Gasteiger partial charge in [0.1, 0.15) is 6.61 Å². The minimum absolute atomic E-state index is 0.0395. The summed E-state index contributed by atoms with van der Waals surface area (Å²) in [5, 5.41) is 2.89. The quantitative estimate of drug-likeness (QED) is 0.777. The summed E-state index contributed by atoms with van der Waals surface area (Å²) in [6.07, 6.45) is 4.31. The summed E-state index contributed by atoms with van der Waals surface area (Å²) in [7, 11) is 1.61. The highest BCUT2D eigenvalue weighted by molar-refractivity contribution is 5.95. The second-order valence-electron chi connectivity index (χ2n) is 5.60. The van der Waals surface area contributed by atoms with E-state index in [0.29, 0.717) is 24.8 Å². The van der Waals surface area contributed by atoms with Gasteiger partial charge in [-0.05, 0) is 25.8 Å². The zero-order valence-corrected chi connectivity index (χ0v) is 12.6. The maximum Gasteiger partial charge on any atom is 0.231 e. The molecule has 1 amide bonds. The third-order valence-electron chi connectivity index (χ3n) is 4.08. The highest BCUT2D eigenvalue weighted by atomic mass is 16.5. The summed E-state index contributed by atoms with van der Waals surface area (Å²) in [6, 6.07) is 3.42. The maximum atomic E-state index is 12.4. The van der Waals surface area contributed by atoms with Crippen molar-refractivity contribution in [2.45, 2.75) is 32.2 Å². The van der Waals surface area contributed by atoms with Crippen LogP contribution in [0.2, 0.25) is 0 Å². The van der Waals surface area contributed by atoms with E-state index < -0.39 is 5.41 Å². The van der Waals surface area contributed by atoms with E-state index in [9.17, 15) is 4.79 Å². The Morgan fingerprint density at radius 2 is 2.33 bits per heavy atom. The standard InChI is InChI=1S/C15H23N3O3/c1-15(7-3-4-12(15)16)14(19)18-11-5-6-13(17-10-11)21-9-8-20-2/h5-6,10,12H,3-4,7-9,16H2,1-2H3,(H,18,19). The molecule has 6 nitrogen and oxygen atoms in total. The van der Waals surface area contributed by atoms with Crippen molar-refractivity contribution in [1.29, 1.82) is 0 Å². The first kappa shape index (κ1) is 15.7. The number of nitrogens with zero attached hydrogens (tertiary/aromatic N) is 1. The molecular weight excluding hydrogens is 270 g/mol. The summed E-state index contributed by atoms with van der Waals surface area (Å²) in [6.45, 7) is 2.88. The van der Waals surface area contributed by atoms with Crippen LogP contribution in [-0.2, 0) is 9.53 Å². The third-order valence-corrected chi connectivity index (χ3v) is 4.08. The molecule has 0 bridgehead atoms. The number of anilines is 1. The van der Waals surface area contributed by atoms with Crippen molar-refractivity contribution in [3.8, 4) is 5.88 Å². The number of carbonyl (C=O) groups excluding carboxylic acids is 1. The first-order chi connectivity index (χ1) is 10.1. The number of aromatic nitrogens is 1. The van der Waals surface area contributed by atoms with Gasteiger partial charge in [0, 0.05) is 19.2 Å². The van der Waals surface area contributed by atoms with Gasteiger partial charge in [0.05, 0.1) is 23.9 Å². The molecule has 2 atom stereocenters. The topological polar surface area (TPSA) is 86.5 Å². The van der Waals surface area contributed by atoms with Gasteiger partial charge in [0.25, 0.3) is 0 Å². The van der Waals surface area contributed by atoms with E-state index in [0.717, 1.165) is 19.3 Å². The minimum atomic E-state index is -0.492. The van der Waals surface area contributed by atoms with Crippen molar-refractivity contribution < 1.29 is 14.3 Å². The van der Waals surface area contributed by atoms with Crippen molar-refractivity contribution in [2.24, 2.45) is 11.1 Å². The number of nitrogens with one attached hydrogen (secondary N) is 1. The SMILES string of the molecule is COCCOc1ccc(NC(=O)C2(C)CCCC2N)cn1. The van der Waals surface area contributed by atoms with Gasteiger partial charge >= 0.3 is 0 Å². The zero-order valence-electron chi connectivity index (χ0n) is 12.6. The smallest absolute Gasteiger partial charge is 0.231 e. The van der Waals surface area contributed by atoms with Gasteiger partial charge in [0.15, 0.2) is 0 Å². The van der Waals surface area contributed by atoms with Crippen molar-refractivity contribution in [3.05, 3.63) is 18.3 Å². The normalized spacial score (nSPS) is 24.8. The lowest BCUT2D eigenvalue weighted by molar-refractivity contribution is -0.125. The number of hydrogen-bond acceptors (Lipinski definition) is 5. The van der Waals surface area contributed by atoms with Crippen molar-refractivity contribution >= 4 is 11.6 Å². The van der Waals surface area contributed by atoms with Gasteiger partial charge in [-0.25, -0.2) is 4.98 Å². The molecule has 1 heterocycles. The monoisotopic (exact) mass is 293 g/mol. The molecule has 3 N–H and O–H groups in total. The van der Waals surface area contributed by atoms with E-state index in [2.05, 4.69) is 10.3 Å². The third kappa shape index (κ3) is 3.71. The number of carbonyl (C=O) groups is 1. The average molecular weight is 293 g/mol. The Bertz CT molecular complexity index is 478. The minimum Gasteiger partial charge on any atom is -0.475 e. The molecule has 2 rings (SSSR count). The van der Waals surface area contributed by atoms with E-state index in [1.807, 2.05) is 6.92 Å². The number of pyridine rings is 1. The number of rotatable bonds is 6. The number of nitrogens with two attached hydrogens (primary N) is 1. The summed E-state index contributed by atoms with van der Waals surface area (Å²) >= 11 is 0. The van der Waals surface area contributed by atoms with E-state index in [1.165, 1.54) is 0 Å².